The third-order valence-electron chi connectivity index (χ3n) is 5.06. The van der Waals surface area contributed by atoms with Gasteiger partial charge in [-0.05, 0) is 57.0 Å². The SMILES string of the molecule is CC1CCC(N2CCC(C(=N)N)CC2)CC1C. The van der Waals surface area contributed by atoms with E-state index in [0.29, 0.717) is 11.8 Å². The Morgan fingerprint density at radius 2 is 1.71 bits per heavy atom. The van der Waals surface area contributed by atoms with Gasteiger partial charge in [-0.2, -0.15) is 0 Å². The van der Waals surface area contributed by atoms with Crippen LogP contribution in [0.15, 0.2) is 0 Å². The first-order chi connectivity index (χ1) is 8.08. The summed E-state index contributed by atoms with van der Waals surface area (Å²) in [6.07, 6.45) is 6.31. The van der Waals surface area contributed by atoms with Crippen molar-refractivity contribution in [3.63, 3.8) is 0 Å². The molecule has 0 aromatic rings. The Balaban J connectivity index is 1.83. The number of nitrogens with two attached hydrogens (primary N) is 1. The largest absolute Gasteiger partial charge is 0.387 e. The Hall–Kier alpha value is -0.570. The molecule has 0 aromatic carbocycles. The summed E-state index contributed by atoms with van der Waals surface area (Å²) in [5, 5.41) is 7.52. The molecule has 3 nitrogen and oxygen atoms in total. The van der Waals surface area contributed by atoms with Crippen LogP contribution in [0.4, 0.5) is 0 Å². The van der Waals surface area contributed by atoms with Crippen LogP contribution in [0, 0.1) is 23.2 Å². The average molecular weight is 237 g/mol. The topological polar surface area (TPSA) is 53.1 Å². The number of rotatable bonds is 2. The molecule has 3 N–H and O–H groups in total. The van der Waals surface area contributed by atoms with Crippen LogP contribution in [0.2, 0.25) is 0 Å². The Labute approximate surface area is 105 Å². The highest BCUT2D eigenvalue weighted by molar-refractivity contribution is 5.79. The molecule has 1 saturated heterocycles. The monoisotopic (exact) mass is 237 g/mol. The van der Waals surface area contributed by atoms with E-state index in [1.54, 1.807) is 0 Å². The van der Waals surface area contributed by atoms with Crippen LogP contribution >= 0.6 is 0 Å². The maximum Gasteiger partial charge on any atom is 0.0937 e. The minimum Gasteiger partial charge on any atom is -0.387 e. The van der Waals surface area contributed by atoms with Gasteiger partial charge in [0.25, 0.3) is 0 Å². The maximum atomic E-state index is 7.52. The Bertz CT molecular complexity index is 269. The van der Waals surface area contributed by atoms with Crippen LogP contribution in [0.3, 0.4) is 0 Å². The lowest BCUT2D eigenvalue weighted by atomic mass is 9.78. The summed E-state index contributed by atoms with van der Waals surface area (Å²) in [5.41, 5.74) is 5.60. The fourth-order valence-corrected chi connectivity index (χ4v) is 3.43. The molecule has 1 saturated carbocycles. The van der Waals surface area contributed by atoms with Gasteiger partial charge in [-0.1, -0.05) is 13.8 Å². The molecule has 1 heterocycles. The van der Waals surface area contributed by atoms with E-state index in [1.165, 1.54) is 19.3 Å². The first-order valence-electron chi connectivity index (χ1n) is 7.16. The molecule has 2 aliphatic rings. The van der Waals surface area contributed by atoms with Crippen molar-refractivity contribution in [1.82, 2.24) is 4.90 Å². The quantitative estimate of drug-likeness (QED) is 0.572. The van der Waals surface area contributed by atoms with Crippen molar-refractivity contribution < 1.29 is 0 Å². The molecule has 1 aliphatic carbocycles. The lowest BCUT2D eigenvalue weighted by molar-refractivity contribution is 0.0847. The summed E-state index contributed by atoms with van der Waals surface area (Å²) >= 11 is 0. The summed E-state index contributed by atoms with van der Waals surface area (Å²) in [4.78, 5) is 2.65. The Morgan fingerprint density at radius 3 is 2.24 bits per heavy atom. The first kappa shape index (κ1) is 12.9. The fourth-order valence-electron chi connectivity index (χ4n) is 3.43. The van der Waals surface area contributed by atoms with Gasteiger partial charge >= 0.3 is 0 Å². The smallest absolute Gasteiger partial charge is 0.0937 e. The molecule has 3 atom stereocenters. The molecule has 1 aliphatic heterocycles. The van der Waals surface area contributed by atoms with E-state index >= 15 is 0 Å². The summed E-state index contributed by atoms with van der Waals surface area (Å²) < 4.78 is 0. The molecular weight excluding hydrogens is 210 g/mol. The van der Waals surface area contributed by atoms with Gasteiger partial charge in [-0.3, -0.25) is 5.41 Å². The van der Waals surface area contributed by atoms with Crippen molar-refractivity contribution in [2.45, 2.75) is 52.0 Å². The molecule has 98 valence electrons. The minimum atomic E-state index is 0.353. The maximum absolute atomic E-state index is 7.52. The van der Waals surface area contributed by atoms with Gasteiger partial charge in [0.1, 0.15) is 0 Å². The van der Waals surface area contributed by atoms with Crippen molar-refractivity contribution in [2.75, 3.05) is 13.1 Å². The first-order valence-corrected chi connectivity index (χ1v) is 7.16. The van der Waals surface area contributed by atoms with Gasteiger partial charge in [-0.15, -0.1) is 0 Å². The highest BCUT2D eigenvalue weighted by atomic mass is 15.2. The van der Waals surface area contributed by atoms with Gasteiger partial charge < -0.3 is 10.6 Å². The van der Waals surface area contributed by atoms with Crippen molar-refractivity contribution in [2.24, 2.45) is 23.5 Å². The number of piperidine rings is 1. The van der Waals surface area contributed by atoms with E-state index in [0.717, 1.165) is 43.8 Å². The summed E-state index contributed by atoms with van der Waals surface area (Å²) in [6, 6.07) is 0.800. The highest BCUT2D eigenvalue weighted by Gasteiger charge is 2.31. The molecule has 17 heavy (non-hydrogen) atoms. The summed E-state index contributed by atoms with van der Waals surface area (Å²) in [6.45, 7) is 7.09. The molecule has 0 bridgehead atoms. The van der Waals surface area contributed by atoms with Gasteiger partial charge in [0.05, 0.1) is 5.84 Å². The van der Waals surface area contributed by atoms with E-state index in [9.17, 15) is 0 Å². The van der Waals surface area contributed by atoms with Gasteiger partial charge in [0.15, 0.2) is 0 Å². The van der Waals surface area contributed by atoms with Crippen LogP contribution in [0.5, 0.6) is 0 Å². The summed E-state index contributed by atoms with van der Waals surface area (Å²) in [7, 11) is 0. The zero-order chi connectivity index (χ0) is 12.4. The van der Waals surface area contributed by atoms with Gasteiger partial charge in [0, 0.05) is 12.0 Å². The van der Waals surface area contributed by atoms with Crippen LogP contribution < -0.4 is 5.73 Å². The third-order valence-corrected chi connectivity index (χ3v) is 5.06. The fraction of sp³-hybridized carbons (Fsp3) is 0.929. The second-order valence-electron chi connectivity index (χ2n) is 6.19. The second-order valence-corrected chi connectivity index (χ2v) is 6.19. The average Bonchev–Trinajstić information content (AvgIpc) is 2.33. The predicted molar refractivity (Wildman–Crippen MR) is 72.2 cm³/mol. The number of nitrogens with one attached hydrogen (secondary N) is 1. The zero-order valence-electron chi connectivity index (χ0n) is 11.3. The number of nitrogens with zero attached hydrogens (tertiary/aromatic N) is 1. The lowest BCUT2D eigenvalue weighted by Gasteiger charge is -2.42. The number of hydrogen-bond acceptors (Lipinski definition) is 2. The summed E-state index contributed by atoms with van der Waals surface area (Å²) in [5.74, 6) is 2.53. The van der Waals surface area contributed by atoms with Crippen LogP contribution in [-0.4, -0.2) is 29.9 Å². The van der Waals surface area contributed by atoms with Crippen LogP contribution in [0.25, 0.3) is 0 Å². The van der Waals surface area contributed by atoms with E-state index < -0.39 is 0 Å². The Kier molecular flexibility index (Phi) is 4.08. The second kappa shape index (κ2) is 5.38. The van der Waals surface area contributed by atoms with Gasteiger partial charge in [-0.25, -0.2) is 0 Å². The predicted octanol–water partition coefficient (Wildman–Crippen LogP) is 2.46. The molecule has 0 amide bonds. The number of likely N-dealkylation sites (tertiary alicyclic amines) is 1. The van der Waals surface area contributed by atoms with Crippen LogP contribution in [0.1, 0.15) is 46.0 Å². The van der Waals surface area contributed by atoms with Crippen LogP contribution in [-0.2, 0) is 0 Å². The molecule has 2 fully saturated rings. The molecule has 0 radical (unpaired) electrons. The van der Waals surface area contributed by atoms with E-state index in [1.807, 2.05) is 0 Å². The minimum absolute atomic E-state index is 0.353. The Morgan fingerprint density at radius 1 is 1.06 bits per heavy atom. The van der Waals surface area contributed by atoms with Crippen molar-refractivity contribution >= 4 is 5.84 Å². The third kappa shape index (κ3) is 3.01. The molecule has 3 heteroatoms. The standard InChI is InChI=1S/C14H27N3/c1-10-3-4-13(9-11(10)2)17-7-5-12(6-8-17)14(15)16/h10-13H,3-9H2,1-2H3,(H3,15,16). The van der Waals surface area contributed by atoms with Crippen molar-refractivity contribution in [3.05, 3.63) is 0 Å². The van der Waals surface area contributed by atoms with E-state index in [2.05, 4.69) is 18.7 Å². The number of amidine groups is 1. The highest BCUT2D eigenvalue weighted by Crippen LogP contribution is 2.33. The van der Waals surface area contributed by atoms with E-state index in [4.69, 9.17) is 11.1 Å². The van der Waals surface area contributed by atoms with Gasteiger partial charge in [0.2, 0.25) is 0 Å². The van der Waals surface area contributed by atoms with Crippen molar-refractivity contribution in [3.8, 4) is 0 Å². The molecule has 3 unspecified atom stereocenters. The normalized spacial score (nSPS) is 36.9. The number of hydrogen-bond donors (Lipinski definition) is 2. The van der Waals surface area contributed by atoms with Crippen molar-refractivity contribution in [1.29, 1.82) is 5.41 Å². The molecule has 2 rings (SSSR count). The lowest BCUT2D eigenvalue weighted by Crippen LogP contribution is -2.46. The zero-order valence-corrected chi connectivity index (χ0v) is 11.3. The molecule has 0 spiro atoms. The molecular formula is C14H27N3. The molecule has 0 aromatic heterocycles. The van der Waals surface area contributed by atoms with E-state index in [-0.39, 0.29) is 0 Å².